The molecule has 1 amide bonds. The lowest BCUT2D eigenvalue weighted by Crippen LogP contribution is -2.42. The molecule has 32 heavy (non-hydrogen) atoms. The molecule has 0 fully saturated rings. The highest BCUT2D eigenvalue weighted by Crippen LogP contribution is 2.57. The van der Waals surface area contributed by atoms with Gasteiger partial charge in [0.15, 0.2) is 0 Å². The van der Waals surface area contributed by atoms with Crippen molar-refractivity contribution >= 4 is 27.5 Å². The van der Waals surface area contributed by atoms with Crippen LogP contribution in [0.3, 0.4) is 0 Å². The van der Waals surface area contributed by atoms with Crippen molar-refractivity contribution in [3.63, 3.8) is 0 Å². The molecular formula is C23H18BrN5O3. The number of aromatic nitrogens is 2. The maximum atomic E-state index is 13.7. The van der Waals surface area contributed by atoms with Gasteiger partial charge in [0.25, 0.3) is 0 Å². The molecule has 2 aliphatic rings. The van der Waals surface area contributed by atoms with E-state index >= 15 is 0 Å². The molecule has 0 bridgehead atoms. The number of nitrogens with one attached hydrogen (secondary N) is 2. The number of rotatable bonds is 3. The fourth-order valence-corrected chi connectivity index (χ4v) is 5.05. The van der Waals surface area contributed by atoms with E-state index in [4.69, 9.17) is 15.2 Å². The van der Waals surface area contributed by atoms with E-state index in [-0.39, 0.29) is 17.3 Å². The number of hydrogen-bond donors (Lipinski definition) is 3. The maximum Gasteiger partial charge on any atom is 0.245 e. The average Bonchev–Trinajstić information content (AvgIpc) is 3.32. The number of benzene rings is 2. The van der Waals surface area contributed by atoms with E-state index in [1.165, 1.54) is 0 Å². The van der Waals surface area contributed by atoms with Crippen molar-refractivity contribution in [3.8, 4) is 29.0 Å². The molecule has 4 N–H and O–H groups in total. The zero-order chi connectivity index (χ0) is 22.6. The first kappa shape index (κ1) is 20.2. The zero-order valence-electron chi connectivity index (χ0n) is 17.2. The summed E-state index contributed by atoms with van der Waals surface area (Å²) < 4.78 is 11.9. The van der Waals surface area contributed by atoms with E-state index in [1.54, 1.807) is 0 Å². The van der Waals surface area contributed by atoms with Crippen molar-refractivity contribution in [3.05, 3.63) is 69.0 Å². The summed E-state index contributed by atoms with van der Waals surface area (Å²) in [6.45, 7) is 4.38. The summed E-state index contributed by atoms with van der Waals surface area (Å²) in [6.07, 6.45) is 0. The Balaban J connectivity index is 1.84. The second-order valence-electron chi connectivity index (χ2n) is 7.51. The molecule has 0 saturated carbocycles. The quantitative estimate of drug-likeness (QED) is 0.510. The first-order chi connectivity index (χ1) is 15.4. The topological polar surface area (TPSA) is 126 Å². The van der Waals surface area contributed by atoms with Crippen molar-refractivity contribution in [1.82, 2.24) is 10.2 Å². The number of halogens is 1. The third kappa shape index (κ3) is 2.53. The lowest BCUT2D eigenvalue weighted by molar-refractivity contribution is -0.118. The first-order valence-electron chi connectivity index (χ1n) is 9.94. The molecule has 0 radical (unpaired) electrons. The molecule has 3 heterocycles. The molecule has 9 heteroatoms. The van der Waals surface area contributed by atoms with Gasteiger partial charge < -0.3 is 20.5 Å². The van der Waals surface area contributed by atoms with Gasteiger partial charge in [-0.15, -0.1) is 5.10 Å². The Bertz CT molecular complexity index is 1350. The number of H-pyrrole nitrogens is 1. The van der Waals surface area contributed by atoms with Crippen molar-refractivity contribution < 1.29 is 14.3 Å². The van der Waals surface area contributed by atoms with Crippen LogP contribution in [0.4, 0.5) is 5.69 Å². The highest BCUT2D eigenvalue weighted by Gasteiger charge is 2.59. The van der Waals surface area contributed by atoms with Crippen LogP contribution in [-0.4, -0.2) is 22.7 Å². The maximum absolute atomic E-state index is 13.7. The molecule has 1 spiro atoms. The zero-order valence-corrected chi connectivity index (χ0v) is 18.8. The normalized spacial score (nSPS) is 18.6. The predicted octanol–water partition coefficient (Wildman–Crippen LogP) is 3.87. The van der Waals surface area contributed by atoms with E-state index < -0.39 is 11.3 Å². The molecule has 160 valence electrons. The minimum atomic E-state index is -1.52. The number of fused-ring (bicyclic) bond motifs is 4. The number of carbonyl (C=O) groups excluding carboxylic acids is 1. The van der Waals surface area contributed by atoms with Crippen LogP contribution in [0.25, 0.3) is 11.3 Å². The second kappa shape index (κ2) is 7.14. The van der Waals surface area contributed by atoms with Gasteiger partial charge in [0.05, 0.1) is 17.9 Å². The second-order valence-corrected chi connectivity index (χ2v) is 8.31. The van der Waals surface area contributed by atoms with Gasteiger partial charge in [-0.05, 0) is 49.7 Å². The molecule has 2 aliphatic heterocycles. The number of nitrogens with two attached hydrogens (primary N) is 1. The first-order valence-corrected chi connectivity index (χ1v) is 10.7. The summed E-state index contributed by atoms with van der Waals surface area (Å²) in [5, 5.41) is 20.3. The van der Waals surface area contributed by atoms with Crippen molar-refractivity contribution in [2.24, 2.45) is 5.73 Å². The number of nitrogens with zero attached hydrogens (tertiary/aromatic N) is 2. The summed E-state index contributed by atoms with van der Waals surface area (Å²) >= 11 is 3.64. The summed E-state index contributed by atoms with van der Waals surface area (Å²) in [6, 6.07) is 13.2. The minimum Gasteiger partial charge on any atom is -0.494 e. The molecule has 1 atom stereocenters. The number of aryl methyl sites for hydroxylation is 1. The van der Waals surface area contributed by atoms with Gasteiger partial charge in [-0.3, -0.25) is 9.89 Å². The van der Waals surface area contributed by atoms with Crippen LogP contribution in [0.2, 0.25) is 0 Å². The SMILES string of the molecule is CCOc1ccc(-c2[nH]nc3c2[C@@]2(C(=O)Nc4ccc(C)c(Br)c42)C(C#N)=C(N)O3)cc1. The van der Waals surface area contributed by atoms with Crippen LogP contribution >= 0.6 is 15.9 Å². The predicted molar refractivity (Wildman–Crippen MR) is 121 cm³/mol. The Labute approximate surface area is 192 Å². The van der Waals surface area contributed by atoms with Crippen molar-refractivity contribution in [2.45, 2.75) is 19.3 Å². The summed E-state index contributed by atoms with van der Waals surface area (Å²) in [7, 11) is 0. The van der Waals surface area contributed by atoms with Gasteiger partial charge in [-0.25, -0.2) is 0 Å². The van der Waals surface area contributed by atoms with Gasteiger partial charge in [-0.2, -0.15) is 5.26 Å². The Hall–Kier alpha value is -3.77. The Kier molecular flexibility index (Phi) is 4.50. The van der Waals surface area contributed by atoms with Crippen LogP contribution in [-0.2, 0) is 10.2 Å². The smallest absolute Gasteiger partial charge is 0.245 e. The molecule has 0 saturated heterocycles. The molecule has 8 nitrogen and oxygen atoms in total. The summed E-state index contributed by atoms with van der Waals surface area (Å²) in [4.78, 5) is 13.7. The van der Waals surface area contributed by atoms with Crippen LogP contribution in [0.1, 0.15) is 23.6 Å². The number of nitriles is 1. The fraction of sp³-hybridized carbons (Fsp3) is 0.174. The number of aromatic amines is 1. The molecule has 5 rings (SSSR count). The standard InChI is InChI=1S/C23H18BrN5O3/c1-3-31-13-7-5-12(6-8-13)19-17-21(29-28-19)32-20(26)14(10-25)23(17)16-15(27-22(23)30)9-4-11(2)18(16)24/h4-9H,3,26H2,1-2H3,(H,27,30)(H,28,29)/t23-/m1/s1. The summed E-state index contributed by atoms with van der Waals surface area (Å²) in [5.41, 5.74) is 8.50. The molecule has 0 aliphatic carbocycles. The third-order valence-electron chi connectivity index (χ3n) is 5.80. The molecule has 1 aromatic heterocycles. The monoisotopic (exact) mass is 491 g/mol. The van der Waals surface area contributed by atoms with E-state index in [0.717, 1.165) is 16.9 Å². The van der Waals surface area contributed by atoms with Crippen LogP contribution in [0.15, 0.2) is 52.3 Å². The molecule has 2 aromatic carbocycles. The minimum absolute atomic E-state index is 0.0149. The van der Waals surface area contributed by atoms with Crippen molar-refractivity contribution in [1.29, 1.82) is 5.26 Å². The van der Waals surface area contributed by atoms with Gasteiger partial charge in [0, 0.05) is 21.3 Å². The van der Waals surface area contributed by atoms with Crippen LogP contribution < -0.4 is 20.5 Å². The Morgan fingerprint density at radius 1 is 1.25 bits per heavy atom. The lowest BCUT2D eigenvalue weighted by atomic mass is 9.68. The molecule has 3 aromatic rings. The highest BCUT2D eigenvalue weighted by atomic mass is 79.9. The van der Waals surface area contributed by atoms with Gasteiger partial charge in [-0.1, -0.05) is 22.0 Å². The van der Waals surface area contributed by atoms with Gasteiger partial charge in [0.2, 0.25) is 17.7 Å². The molecule has 0 unspecified atom stereocenters. The Morgan fingerprint density at radius 3 is 2.69 bits per heavy atom. The fourth-order valence-electron chi connectivity index (χ4n) is 4.40. The van der Waals surface area contributed by atoms with Crippen LogP contribution in [0.5, 0.6) is 11.6 Å². The lowest BCUT2D eigenvalue weighted by Gasteiger charge is -2.32. The highest BCUT2D eigenvalue weighted by molar-refractivity contribution is 9.10. The van der Waals surface area contributed by atoms with Crippen LogP contribution in [0, 0.1) is 18.3 Å². The van der Waals surface area contributed by atoms with Gasteiger partial charge >= 0.3 is 0 Å². The van der Waals surface area contributed by atoms with E-state index in [9.17, 15) is 10.1 Å². The average molecular weight is 492 g/mol. The van der Waals surface area contributed by atoms with Crippen molar-refractivity contribution in [2.75, 3.05) is 11.9 Å². The number of anilines is 1. The van der Waals surface area contributed by atoms with E-state index in [1.807, 2.05) is 50.2 Å². The summed E-state index contributed by atoms with van der Waals surface area (Å²) in [5.74, 6) is 0.333. The van der Waals surface area contributed by atoms with E-state index in [0.29, 0.717) is 33.6 Å². The number of hydrogen-bond acceptors (Lipinski definition) is 6. The number of carbonyl (C=O) groups is 1. The largest absolute Gasteiger partial charge is 0.494 e. The Morgan fingerprint density at radius 2 is 2.00 bits per heavy atom. The van der Waals surface area contributed by atoms with E-state index in [2.05, 4.69) is 37.5 Å². The third-order valence-corrected chi connectivity index (χ3v) is 6.82. The number of ether oxygens (including phenoxy) is 2. The number of amides is 1. The molecular weight excluding hydrogens is 474 g/mol. The van der Waals surface area contributed by atoms with Gasteiger partial charge in [0.1, 0.15) is 22.8 Å².